The van der Waals surface area contributed by atoms with Crippen LogP contribution in [0, 0.1) is 4.77 Å². The number of ether oxygens (including phenoxy) is 1. The van der Waals surface area contributed by atoms with Crippen molar-refractivity contribution in [3.05, 3.63) is 69.7 Å². The third-order valence-electron chi connectivity index (χ3n) is 4.08. The molecule has 6 nitrogen and oxygen atoms in total. The highest BCUT2D eigenvalue weighted by atomic mass is 32.1. The number of nitrogens with one attached hydrogen (secondary N) is 2. The molecule has 2 aromatic heterocycles. The average Bonchev–Trinajstić information content (AvgIpc) is 3.12. The molecule has 0 atom stereocenters. The van der Waals surface area contributed by atoms with Crippen molar-refractivity contribution in [3.63, 3.8) is 0 Å². The third kappa shape index (κ3) is 2.82. The highest BCUT2D eigenvalue weighted by Crippen LogP contribution is 2.22. The Kier molecular flexibility index (Phi) is 4.14. The molecule has 130 valence electrons. The standard InChI is InChI=1S/C19H16N4O2S/c1-2-25-13-9-7-12(8-10-13)16-11-17(22-21-16)23-18(24)14-5-3-4-6-15(14)20-19(23)26/h3-11H,2H2,1H3,(H,20,26)(H,21,22). The van der Waals surface area contributed by atoms with Crippen molar-refractivity contribution in [2.45, 2.75) is 6.92 Å². The van der Waals surface area contributed by atoms with Gasteiger partial charge in [0.15, 0.2) is 10.6 Å². The summed E-state index contributed by atoms with van der Waals surface area (Å²) in [6, 6.07) is 16.7. The molecule has 26 heavy (non-hydrogen) atoms. The van der Waals surface area contributed by atoms with Crippen molar-refractivity contribution in [2.75, 3.05) is 6.61 Å². The number of hydrogen-bond donors (Lipinski definition) is 2. The lowest BCUT2D eigenvalue weighted by Gasteiger charge is -2.04. The average molecular weight is 364 g/mol. The molecule has 0 radical (unpaired) electrons. The van der Waals surface area contributed by atoms with Crippen LogP contribution in [0.4, 0.5) is 0 Å². The molecular formula is C19H16N4O2S. The van der Waals surface area contributed by atoms with E-state index in [0.29, 0.717) is 28.1 Å². The van der Waals surface area contributed by atoms with Crippen molar-refractivity contribution >= 4 is 23.1 Å². The van der Waals surface area contributed by atoms with Gasteiger partial charge >= 0.3 is 0 Å². The first-order chi connectivity index (χ1) is 12.7. The van der Waals surface area contributed by atoms with Crippen molar-refractivity contribution in [1.29, 1.82) is 0 Å². The molecule has 0 unspecified atom stereocenters. The summed E-state index contributed by atoms with van der Waals surface area (Å²) < 4.78 is 7.15. The van der Waals surface area contributed by atoms with Gasteiger partial charge in [-0.25, -0.2) is 4.57 Å². The summed E-state index contributed by atoms with van der Waals surface area (Å²) in [4.78, 5) is 15.9. The molecule has 0 aliphatic rings. The predicted molar refractivity (Wildman–Crippen MR) is 103 cm³/mol. The summed E-state index contributed by atoms with van der Waals surface area (Å²) in [6.07, 6.45) is 0. The van der Waals surface area contributed by atoms with Crippen LogP contribution in [0.1, 0.15) is 6.92 Å². The first kappa shape index (κ1) is 16.3. The first-order valence-corrected chi connectivity index (χ1v) is 8.61. The minimum atomic E-state index is -0.200. The number of nitrogens with zero attached hydrogens (tertiary/aromatic N) is 2. The van der Waals surface area contributed by atoms with Gasteiger partial charge < -0.3 is 9.72 Å². The molecular weight excluding hydrogens is 348 g/mol. The lowest BCUT2D eigenvalue weighted by molar-refractivity contribution is 0.340. The number of benzene rings is 2. The van der Waals surface area contributed by atoms with E-state index in [0.717, 1.165) is 17.0 Å². The van der Waals surface area contributed by atoms with E-state index in [1.165, 1.54) is 4.57 Å². The summed E-state index contributed by atoms with van der Waals surface area (Å²) in [5.74, 6) is 1.26. The largest absolute Gasteiger partial charge is 0.494 e. The maximum absolute atomic E-state index is 12.8. The minimum Gasteiger partial charge on any atom is -0.494 e. The Hall–Kier alpha value is -3.19. The topological polar surface area (TPSA) is 75.7 Å². The fourth-order valence-corrected chi connectivity index (χ4v) is 3.13. The Bertz CT molecular complexity index is 1190. The van der Waals surface area contributed by atoms with Gasteiger partial charge in [0, 0.05) is 6.07 Å². The van der Waals surface area contributed by atoms with Crippen LogP contribution in [0.15, 0.2) is 59.4 Å². The summed E-state index contributed by atoms with van der Waals surface area (Å²) in [6.45, 7) is 2.57. The van der Waals surface area contributed by atoms with E-state index in [2.05, 4.69) is 15.2 Å². The first-order valence-electron chi connectivity index (χ1n) is 8.20. The number of aromatic amines is 2. The number of hydrogen-bond acceptors (Lipinski definition) is 4. The predicted octanol–water partition coefficient (Wildman–Crippen LogP) is 3.84. The number of rotatable bonds is 4. The molecule has 2 aromatic carbocycles. The Labute approximate surface area is 154 Å². The lowest BCUT2D eigenvalue weighted by atomic mass is 10.1. The molecule has 0 fully saturated rings. The SMILES string of the molecule is CCOc1ccc(-c2cc(-n3c(=S)[nH]c4ccccc4c3=O)n[nH]2)cc1. The summed E-state index contributed by atoms with van der Waals surface area (Å²) in [5.41, 5.74) is 2.24. The van der Waals surface area contributed by atoms with E-state index >= 15 is 0 Å². The number of H-pyrrole nitrogens is 2. The molecule has 2 heterocycles. The van der Waals surface area contributed by atoms with Gasteiger partial charge in [0.2, 0.25) is 0 Å². The highest BCUT2D eigenvalue weighted by Gasteiger charge is 2.11. The minimum absolute atomic E-state index is 0.200. The van der Waals surface area contributed by atoms with Gasteiger partial charge in [0.1, 0.15) is 5.75 Å². The normalized spacial score (nSPS) is 11.0. The Morgan fingerprint density at radius 3 is 2.69 bits per heavy atom. The van der Waals surface area contributed by atoms with Crippen LogP contribution < -0.4 is 10.3 Å². The summed E-state index contributed by atoms with van der Waals surface area (Å²) in [5, 5.41) is 7.80. The molecule has 2 N–H and O–H groups in total. The second-order valence-corrected chi connectivity index (χ2v) is 6.10. The van der Waals surface area contributed by atoms with Crippen LogP contribution in [0.25, 0.3) is 28.0 Å². The molecule has 4 aromatic rings. The Morgan fingerprint density at radius 2 is 1.92 bits per heavy atom. The van der Waals surface area contributed by atoms with Crippen LogP contribution in [0.3, 0.4) is 0 Å². The van der Waals surface area contributed by atoms with Gasteiger partial charge in [0.25, 0.3) is 5.56 Å². The second kappa shape index (κ2) is 6.61. The molecule has 7 heteroatoms. The van der Waals surface area contributed by atoms with E-state index in [9.17, 15) is 4.79 Å². The summed E-state index contributed by atoms with van der Waals surface area (Å²) in [7, 11) is 0. The van der Waals surface area contributed by atoms with Crippen LogP contribution in [0.2, 0.25) is 0 Å². The van der Waals surface area contributed by atoms with Crippen LogP contribution in [0.5, 0.6) is 5.75 Å². The zero-order chi connectivity index (χ0) is 18.1. The van der Waals surface area contributed by atoms with E-state index in [1.54, 1.807) is 12.1 Å². The smallest absolute Gasteiger partial charge is 0.268 e. The molecule has 4 rings (SSSR count). The quantitative estimate of drug-likeness (QED) is 0.540. The third-order valence-corrected chi connectivity index (χ3v) is 4.36. The van der Waals surface area contributed by atoms with Gasteiger partial charge in [-0.2, -0.15) is 5.10 Å². The van der Waals surface area contributed by atoms with E-state index < -0.39 is 0 Å². The van der Waals surface area contributed by atoms with Gasteiger partial charge in [-0.05, 0) is 61.1 Å². The van der Waals surface area contributed by atoms with Gasteiger partial charge in [-0.1, -0.05) is 12.1 Å². The zero-order valence-electron chi connectivity index (χ0n) is 14.0. The fraction of sp³-hybridized carbons (Fsp3) is 0.105. The molecule has 0 bridgehead atoms. The number of para-hydroxylation sites is 1. The monoisotopic (exact) mass is 364 g/mol. The van der Waals surface area contributed by atoms with E-state index in [4.69, 9.17) is 17.0 Å². The maximum atomic E-state index is 12.8. The molecule has 0 saturated carbocycles. The van der Waals surface area contributed by atoms with Crippen molar-refractivity contribution in [1.82, 2.24) is 19.7 Å². The number of fused-ring (bicyclic) bond motifs is 1. The van der Waals surface area contributed by atoms with E-state index in [1.807, 2.05) is 49.4 Å². The highest BCUT2D eigenvalue weighted by molar-refractivity contribution is 7.71. The van der Waals surface area contributed by atoms with Crippen molar-refractivity contribution < 1.29 is 4.74 Å². The maximum Gasteiger partial charge on any atom is 0.268 e. The van der Waals surface area contributed by atoms with Crippen molar-refractivity contribution in [2.24, 2.45) is 0 Å². The van der Waals surface area contributed by atoms with E-state index in [-0.39, 0.29) is 5.56 Å². The van der Waals surface area contributed by atoms with Gasteiger partial charge in [0.05, 0.1) is 23.2 Å². The molecule has 0 saturated heterocycles. The lowest BCUT2D eigenvalue weighted by Crippen LogP contribution is -2.20. The van der Waals surface area contributed by atoms with Crippen LogP contribution in [-0.2, 0) is 0 Å². The summed E-state index contributed by atoms with van der Waals surface area (Å²) >= 11 is 5.36. The Balaban J connectivity index is 1.78. The van der Waals surface area contributed by atoms with Crippen LogP contribution >= 0.6 is 12.2 Å². The molecule has 0 aliphatic heterocycles. The molecule has 0 spiro atoms. The number of aromatic nitrogens is 4. The zero-order valence-corrected chi connectivity index (χ0v) is 14.8. The van der Waals surface area contributed by atoms with Gasteiger partial charge in [-0.15, -0.1) is 0 Å². The fourth-order valence-electron chi connectivity index (χ4n) is 2.84. The Morgan fingerprint density at radius 1 is 1.15 bits per heavy atom. The second-order valence-electron chi connectivity index (χ2n) is 5.71. The van der Waals surface area contributed by atoms with Gasteiger partial charge in [-0.3, -0.25) is 9.89 Å². The van der Waals surface area contributed by atoms with Crippen molar-refractivity contribution in [3.8, 4) is 22.8 Å². The molecule has 0 aliphatic carbocycles. The molecule has 0 amide bonds. The van der Waals surface area contributed by atoms with Crippen LogP contribution in [-0.4, -0.2) is 26.4 Å².